The molecule has 1 N–H and O–H groups in total. The van der Waals surface area contributed by atoms with Gasteiger partial charge in [-0.25, -0.2) is 4.39 Å². The molecule has 2 heterocycles. The lowest BCUT2D eigenvalue weighted by Crippen LogP contribution is -2.47. The minimum absolute atomic E-state index is 0.0531. The molecule has 1 saturated heterocycles. The molecule has 1 aliphatic heterocycles. The summed E-state index contributed by atoms with van der Waals surface area (Å²) in [6, 6.07) is 18.6. The maximum Gasteiger partial charge on any atom is 0.227 e. The zero-order valence-electron chi connectivity index (χ0n) is 19.1. The first-order valence-corrected chi connectivity index (χ1v) is 11.6. The number of carbonyl (C=O) groups excluding carboxylic acids is 1. The number of amides is 1. The Hall–Kier alpha value is -3.25. The SMILES string of the molecule is CC(Cc1cccc(F)c1)C(=O)Nc1ccccc1N1CCN(CCc2ccncc2)CC1. The number of para-hydroxylation sites is 2. The first-order valence-electron chi connectivity index (χ1n) is 11.6. The van der Waals surface area contributed by atoms with Crippen LogP contribution in [0.2, 0.25) is 0 Å². The van der Waals surface area contributed by atoms with E-state index in [-0.39, 0.29) is 17.6 Å². The summed E-state index contributed by atoms with van der Waals surface area (Å²) in [5.74, 6) is -0.585. The first kappa shape index (κ1) is 22.9. The van der Waals surface area contributed by atoms with Gasteiger partial charge in [0, 0.05) is 51.0 Å². The highest BCUT2D eigenvalue weighted by atomic mass is 19.1. The summed E-state index contributed by atoms with van der Waals surface area (Å²) in [7, 11) is 0. The number of nitrogens with zero attached hydrogens (tertiary/aromatic N) is 3. The molecular weight excluding hydrogens is 415 g/mol. The van der Waals surface area contributed by atoms with Crippen molar-refractivity contribution in [3.05, 3.63) is 90.0 Å². The van der Waals surface area contributed by atoms with Crippen molar-refractivity contribution < 1.29 is 9.18 Å². The van der Waals surface area contributed by atoms with Crippen molar-refractivity contribution in [2.75, 3.05) is 42.9 Å². The predicted octanol–water partition coefficient (Wildman–Crippen LogP) is 4.40. The monoisotopic (exact) mass is 446 g/mol. The normalized spacial score (nSPS) is 15.3. The molecule has 172 valence electrons. The first-order chi connectivity index (χ1) is 16.1. The maximum absolute atomic E-state index is 13.5. The number of hydrogen-bond donors (Lipinski definition) is 1. The van der Waals surface area contributed by atoms with E-state index in [0.29, 0.717) is 6.42 Å². The lowest BCUT2D eigenvalue weighted by Gasteiger charge is -2.37. The van der Waals surface area contributed by atoms with Crippen LogP contribution in [0.1, 0.15) is 18.1 Å². The summed E-state index contributed by atoms with van der Waals surface area (Å²) in [4.78, 5) is 21.8. The van der Waals surface area contributed by atoms with Gasteiger partial charge in [0.25, 0.3) is 0 Å². The Morgan fingerprint density at radius 3 is 2.52 bits per heavy atom. The highest BCUT2D eigenvalue weighted by Crippen LogP contribution is 2.27. The van der Waals surface area contributed by atoms with E-state index in [4.69, 9.17) is 0 Å². The van der Waals surface area contributed by atoms with Gasteiger partial charge in [0.05, 0.1) is 11.4 Å². The summed E-state index contributed by atoms with van der Waals surface area (Å²) in [5.41, 5.74) is 4.03. The number of aromatic nitrogens is 1. The van der Waals surface area contributed by atoms with Gasteiger partial charge in [0.1, 0.15) is 5.82 Å². The molecule has 6 heteroatoms. The number of rotatable bonds is 8. The van der Waals surface area contributed by atoms with Gasteiger partial charge in [0.2, 0.25) is 5.91 Å². The molecule has 33 heavy (non-hydrogen) atoms. The van der Waals surface area contributed by atoms with Crippen LogP contribution in [-0.4, -0.2) is 48.5 Å². The molecule has 0 bridgehead atoms. The zero-order chi connectivity index (χ0) is 23.0. The molecule has 1 amide bonds. The number of carbonyl (C=O) groups is 1. The number of nitrogens with one attached hydrogen (secondary N) is 1. The number of pyridine rings is 1. The summed E-state index contributed by atoms with van der Waals surface area (Å²) in [6.07, 6.45) is 5.22. The van der Waals surface area contributed by atoms with Crippen molar-refractivity contribution in [3.63, 3.8) is 0 Å². The third-order valence-corrected chi connectivity index (χ3v) is 6.22. The van der Waals surface area contributed by atoms with Crippen molar-refractivity contribution in [3.8, 4) is 0 Å². The van der Waals surface area contributed by atoms with Crippen molar-refractivity contribution >= 4 is 17.3 Å². The van der Waals surface area contributed by atoms with E-state index in [2.05, 4.69) is 38.3 Å². The molecule has 0 saturated carbocycles. The van der Waals surface area contributed by atoms with E-state index in [0.717, 1.165) is 56.1 Å². The molecule has 0 spiro atoms. The van der Waals surface area contributed by atoms with Crippen LogP contribution in [0.25, 0.3) is 0 Å². The van der Waals surface area contributed by atoms with Gasteiger partial charge in [-0.1, -0.05) is 31.2 Å². The standard InChI is InChI=1S/C27H31FN4O/c1-21(19-23-5-4-6-24(28)20-23)27(33)30-25-7-2-3-8-26(25)32-17-15-31(16-18-32)14-11-22-9-12-29-13-10-22/h2-10,12-13,20-21H,11,14-19H2,1H3,(H,30,33). The van der Waals surface area contributed by atoms with Gasteiger partial charge in [-0.3, -0.25) is 14.7 Å². The summed E-state index contributed by atoms with van der Waals surface area (Å²) in [6.45, 7) is 6.73. The molecule has 2 aromatic carbocycles. The molecule has 3 aromatic rings. The fourth-order valence-corrected chi connectivity index (χ4v) is 4.27. The second-order valence-electron chi connectivity index (χ2n) is 8.68. The van der Waals surface area contributed by atoms with E-state index in [1.54, 1.807) is 6.07 Å². The second-order valence-corrected chi connectivity index (χ2v) is 8.68. The molecule has 0 radical (unpaired) electrons. The van der Waals surface area contributed by atoms with Crippen molar-refractivity contribution in [2.45, 2.75) is 19.8 Å². The molecule has 0 aliphatic carbocycles. The van der Waals surface area contributed by atoms with E-state index in [1.807, 2.05) is 43.6 Å². The van der Waals surface area contributed by atoms with Crippen LogP contribution < -0.4 is 10.2 Å². The van der Waals surface area contributed by atoms with Crippen LogP contribution >= 0.6 is 0 Å². The minimum atomic E-state index is -0.273. The second kappa shape index (κ2) is 11.1. The predicted molar refractivity (Wildman–Crippen MR) is 131 cm³/mol. The molecule has 1 fully saturated rings. The average molecular weight is 447 g/mol. The Bertz CT molecular complexity index is 1050. The Morgan fingerprint density at radius 2 is 1.76 bits per heavy atom. The van der Waals surface area contributed by atoms with Crippen LogP contribution in [-0.2, 0) is 17.6 Å². The van der Waals surface area contributed by atoms with Crippen LogP contribution in [0.4, 0.5) is 15.8 Å². The van der Waals surface area contributed by atoms with Crippen LogP contribution in [0.15, 0.2) is 73.1 Å². The van der Waals surface area contributed by atoms with Crippen molar-refractivity contribution in [1.29, 1.82) is 0 Å². The highest BCUT2D eigenvalue weighted by molar-refractivity contribution is 5.95. The molecule has 1 unspecified atom stereocenters. The van der Waals surface area contributed by atoms with Gasteiger partial charge in [0.15, 0.2) is 0 Å². The lowest BCUT2D eigenvalue weighted by atomic mass is 10.00. The zero-order valence-corrected chi connectivity index (χ0v) is 19.1. The minimum Gasteiger partial charge on any atom is -0.367 e. The maximum atomic E-state index is 13.5. The molecule has 5 nitrogen and oxygen atoms in total. The summed E-state index contributed by atoms with van der Waals surface area (Å²) in [5, 5.41) is 3.11. The van der Waals surface area contributed by atoms with Crippen LogP contribution in [0.5, 0.6) is 0 Å². The number of piperazine rings is 1. The fourth-order valence-electron chi connectivity index (χ4n) is 4.27. The Labute approximate surface area is 195 Å². The number of benzene rings is 2. The average Bonchev–Trinajstić information content (AvgIpc) is 2.84. The van der Waals surface area contributed by atoms with Gasteiger partial charge in [-0.15, -0.1) is 0 Å². The topological polar surface area (TPSA) is 48.5 Å². The smallest absolute Gasteiger partial charge is 0.227 e. The van der Waals surface area contributed by atoms with Crippen molar-refractivity contribution in [1.82, 2.24) is 9.88 Å². The quantitative estimate of drug-likeness (QED) is 0.557. The lowest BCUT2D eigenvalue weighted by molar-refractivity contribution is -0.119. The van der Waals surface area contributed by atoms with Crippen LogP contribution in [0, 0.1) is 11.7 Å². The Morgan fingerprint density at radius 1 is 1.00 bits per heavy atom. The largest absolute Gasteiger partial charge is 0.367 e. The van der Waals surface area contributed by atoms with Gasteiger partial charge in [-0.05, 0) is 60.4 Å². The van der Waals surface area contributed by atoms with Crippen LogP contribution in [0.3, 0.4) is 0 Å². The molecule has 1 atom stereocenters. The molecular formula is C27H31FN4O. The Kier molecular flexibility index (Phi) is 7.68. The molecule has 4 rings (SSSR count). The Balaban J connectivity index is 1.32. The summed E-state index contributed by atoms with van der Waals surface area (Å²) < 4.78 is 13.5. The third kappa shape index (κ3) is 6.39. The summed E-state index contributed by atoms with van der Waals surface area (Å²) >= 11 is 0. The molecule has 1 aliphatic rings. The van der Waals surface area contributed by atoms with E-state index >= 15 is 0 Å². The van der Waals surface area contributed by atoms with E-state index in [9.17, 15) is 9.18 Å². The van der Waals surface area contributed by atoms with Gasteiger partial charge >= 0.3 is 0 Å². The van der Waals surface area contributed by atoms with Gasteiger partial charge in [-0.2, -0.15) is 0 Å². The number of hydrogen-bond acceptors (Lipinski definition) is 4. The third-order valence-electron chi connectivity index (χ3n) is 6.22. The van der Waals surface area contributed by atoms with Crippen molar-refractivity contribution in [2.24, 2.45) is 5.92 Å². The van der Waals surface area contributed by atoms with E-state index < -0.39 is 0 Å². The fraction of sp³-hybridized carbons (Fsp3) is 0.333. The van der Waals surface area contributed by atoms with Gasteiger partial charge < -0.3 is 10.2 Å². The number of halogens is 1. The van der Waals surface area contributed by atoms with E-state index in [1.165, 1.54) is 17.7 Å². The molecule has 1 aromatic heterocycles. The highest BCUT2D eigenvalue weighted by Gasteiger charge is 2.21. The number of anilines is 2.